The summed E-state index contributed by atoms with van der Waals surface area (Å²) in [4.78, 5) is 19.1. The molecule has 4 nitrogen and oxygen atoms in total. The van der Waals surface area contributed by atoms with Gasteiger partial charge in [-0.2, -0.15) is 0 Å². The summed E-state index contributed by atoms with van der Waals surface area (Å²) in [6.45, 7) is 3.23. The van der Waals surface area contributed by atoms with Crippen LogP contribution >= 0.6 is 0 Å². The van der Waals surface area contributed by atoms with Crippen molar-refractivity contribution in [2.75, 3.05) is 0 Å². The van der Waals surface area contributed by atoms with Crippen molar-refractivity contribution in [1.82, 2.24) is 0 Å². The third-order valence-corrected chi connectivity index (χ3v) is 3.48. The molecule has 0 saturated heterocycles. The zero-order chi connectivity index (χ0) is 17.1. The van der Waals surface area contributed by atoms with Gasteiger partial charge in [-0.1, -0.05) is 84.0 Å². The van der Waals surface area contributed by atoms with Gasteiger partial charge in [-0.05, 0) is 19.8 Å². The van der Waals surface area contributed by atoms with Crippen LogP contribution in [-0.4, -0.2) is 49.7 Å². The van der Waals surface area contributed by atoms with Crippen LogP contribution in [0.5, 0.6) is 0 Å². The van der Waals surface area contributed by atoms with Crippen molar-refractivity contribution in [1.29, 1.82) is 0 Å². The van der Waals surface area contributed by atoms with Crippen LogP contribution in [0.25, 0.3) is 0 Å². The zero-order valence-electron chi connectivity index (χ0n) is 15.2. The van der Waals surface area contributed by atoms with E-state index in [1.165, 1.54) is 70.6 Å². The van der Waals surface area contributed by atoms with Gasteiger partial charge >= 0.3 is 37.7 Å². The summed E-state index contributed by atoms with van der Waals surface area (Å²) in [5, 5.41) is 19.1. The molecule has 0 heterocycles. The van der Waals surface area contributed by atoms with Crippen LogP contribution in [0.4, 0.5) is 0 Å². The van der Waals surface area contributed by atoms with Crippen LogP contribution in [0.3, 0.4) is 0 Å². The van der Waals surface area contributed by atoms with Crippen LogP contribution < -0.4 is 10.2 Å². The first kappa shape index (κ1) is 28.0. The zero-order valence-corrected chi connectivity index (χ0v) is 17.4. The van der Waals surface area contributed by atoms with Crippen LogP contribution in [0.15, 0.2) is 0 Å². The van der Waals surface area contributed by atoms with Gasteiger partial charge in [0.1, 0.15) is 0 Å². The molecule has 0 aliphatic rings. The first-order chi connectivity index (χ1) is 10.5. The number of carboxylic acid groups (broad SMARTS) is 2. The van der Waals surface area contributed by atoms with Crippen LogP contribution in [0.2, 0.25) is 0 Å². The predicted octanol–water partition coefficient (Wildman–Crippen LogP) is 2.59. The van der Waals surface area contributed by atoms with E-state index in [9.17, 15) is 9.90 Å². The Morgan fingerprint density at radius 2 is 0.913 bits per heavy atom. The van der Waals surface area contributed by atoms with E-state index < -0.39 is 11.9 Å². The van der Waals surface area contributed by atoms with Gasteiger partial charge in [-0.15, -0.1) is 0 Å². The normalized spacial score (nSPS) is 9.48. The Bertz CT molecular complexity index is 253. The minimum atomic E-state index is -1.08. The molecule has 0 bridgehead atoms. The van der Waals surface area contributed by atoms with E-state index >= 15 is 0 Å². The van der Waals surface area contributed by atoms with Crippen LogP contribution in [0.1, 0.15) is 104 Å². The van der Waals surface area contributed by atoms with Gasteiger partial charge in [-0.25, -0.2) is 0 Å². The number of carbonyl (C=O) groups excluding carboxylic acids is 2. The third kappa shape index (κ3) is 39.2. The van der Waals surface area contributed by atoms with Crippen LogP contribution in [-0.2, 0) is 9.59 Å². The molecule has 0 saturated carbocycles. The van der Waals surface area contributed by atoms with Crippen molar-refractivity contribution in [3.05, 3.63) is 0 Å². The van der Waals surface area contributed by atoms with E-state index in [1.807, 2.05) is 0 Å². The summed E-state index contributed by atoms with van der Waals surface area (Å²) in [6, 6.07) is 0. The molecule has 0 radical (unpaired) electrons. The SMILES string of the molecule is CC(=O)[O-].CCCCCCCCCCCCCCCC(=O)[O-].[Ca+2]. The first-order valence-electron chi connectivity index (χ1n) is 8.88. The van der Waals surface area contributed by atoms with E-state index in [2.05, 4.69) is 6.92 Å². The molecule has 5 heteroatoms. The maximum Gasteiger partial charge on any atom is 2.00 e. The summed E-state index contributed by atoms with van der Waals surface area (Å²) in [5.74, 6) is -1.99. The second-order valence-corrected chi connectivity index (χ2v) is 5.86. The molecule has 0 aromatic carbocycles. The van der Waals surface area contributed by atoms with Gasteiger partial charge < -0.3 is 19.8 Å². The molecule has 0 rings (SSSR count). The summed E-state index contributed by atoms with van der Waals surface area (Å²) >= 11 is 0. The molecule has 0 aliphatic heterocycles. The molecule has 0 aromatic heterocycles. The number of hydrogen-bond donors (Lipinski definition) is 0. The molecule has 132 valence electrons. The van der Waals surface area contributed by atoms with E-state index in [-0.39, 0.29) is 44.2 Å². The van der Waals surface area contributed by atoms with E-state index in [1.54, 1.807) is 0 Å². The number of carboxylic acids is 2. The maximum absolute atomic E-state index is 10.2. The Morgan fingerprint density at radius 1 is 0.652 bits per heavy atom. The molecule has 0 aromatic rings. The van der Waals surface area contributed by atoms with Crippen molar-refractivity contribution in [2.24, 2.45) is 0 Å². The maximum atomic E-state index is 10.2. The average Bonchev–Trinajstić information content (AvgIpc) is 2.43. The topological polar surface area (TPSA) is 80.3 Å². The van der Waals surface area contributed by atoms with Crippen molar-refractivity contribution >= 4 is 49.7 Å². The minimum Gasteiger partial charge on any atom is -0.550 e. The molecule has 23 heavy (non-hydrogen) atoms. The largest absolute Gasteiger partial charge is 2.00 e. The van der Waals surface area contributed by atoms with Gasteiger partial charge in [0.15, 0.2) is 0 Å². The number of carbonyl (C=O) groups is 2. The fraction of sp³-hybridized carbons (Fsp3) is 0.889. The Labute approximate surface area is 172 Å². The van der Waals surface area contributed by atoms with Gasteiger partial charge in [0.25, 0.3) is 0 Å². The Balaban J connectivity index is -0.000000712. The van der Waals surface area contributed by atoms with Crippen molar-refractivity contribution < 1.29 is 19.8 Å². The Hall–Kier alpha value is 0.200. The fourth-order valence-electron chi connectivity index (χ4n) is 2.29. The molecule has 0 N–H and O–H groups in total. The summed E-state index contributed by atoms with van der Waals surface area (Å²) in [7, 11) is 0. The molecule has 0 aliphatic carbocycles. The van der Waals surface area contributed by atoms with Crippen molar-refractivity contribution in [3.63, 3.8) is 0 Å². The molecule has 0 fully saturated rings. The van der Waals surface area contributed by atoms with Crippen molar-refractivity contribution in [2.45, 2.75) is 104 Å². The summed E-state index contributed by atoms with van der Waals surface area (Å²) < 4.78 is 0. The summed E-state index contributed by atoms with van der Waals surface area (Å²) in [6.07, 6.45) is 16.9. The molecule has 0 atom stereocenters. The number of aliphatic carboxylic acids is 2. The standard InChI is InChI=1S/C16H32O2.C2H4O2.Ca/c1-2-3-4-5-6-7-8-9-10-11-12-13-14-15-16(17)18;1-2(3)4;/h2-15H2,1H3,(H,17,18);1H3,(H,3,4);/q;;+2/p-2. The Morgan fingerprint density at radius 3 is 1.17 bits per heavy atom. The van der Waals surface area contributed by atoms with E-state index in [0.29, 0.717) is 0 Å². The predicted molar refractivity (Wildman–Crippen MR) is 91.8 cm³/mol. The summed E-state index contributed by atoms with van der Waals surface area (Å²) in [5.41, 5.74) is 0. The molecular formula is C18H34CaO4. The second-order valence-electron chi connectivity index (χ2n) is 5.86. The average molecular weight is 355 g/mol. The Kier molecular flexibility index (Phi) is 29.8. The monoisotopic (exact) mass is 354 g/mol. The molecule has 0 amide bonds. The first-order valence-corrected chi connectivity index (χ1v) is 8.88. The van der Waals surface area contributed by atoms with E-state index in [4.69, 9.17) is 9.90 Å². The number of rotatable bonds is 14. The van der Waals surface area contributed by atoms with Gasteiger partial charge in [0, 0.05) is 11.9 Å². The fourth-order valence-corrected chi connectivity index (χ4v) is 2.29. The smallest absolute Gasteiger partial charge is 0.550 e. The van der Waals surface area contributed by atoms with Gasteiger partial charge in [0.05, 0.1) is 0 Å². The minimum absolute atomic E-state index is 0. The molecule has 0 unspecified atom stereocenters. The quantitative estimate of drug-likeness (QED) is 0.355. The van der Waals surface area contributed by atoms with Gasteiger partial charge in [0.2, 0.25) is 0 Å². The molecular weight excluding hydrogens is 320 g/mol. The number of unbranched alkanes of at least 4 members (excludes halogenated alkanes) is 12. The number of hydrogen-bond acceptors (Lipinski definition) is 4. The van der Waals surface area contributed by atoms with Crippen LogP contribution in [0, 0.1) is 0 Å². The van der Waals surface area contributed by atoms with Gasteiger partial charge in [-0.3, -0.25) is 0 Å². The third-order valence-electron chi connectivity index (χ3n) is 3.48. The van der Waals surface area contributed by atoms with E-state index in [0.717, 1.165) is 19.8 Å². The molecule has 0 spiro atoms. The second kappa shape index (κ2) is 24.5. The van der Waals surface area contributed by atoms with Crippen molar-refractivity contribution in [3.8, 4) is 0 Å².